The second-order valence-electron chi connectivity index (χ2n) is 14.5. The topological polar surface area (TPSA) is 158 Å². The lowest BCUT2D eigenvalue weighted by molar-refractivity contribution is -0.182. The summed E-state index contributed by atoms with van der Waals surface area (Å²) in [6, 6.07) is 29.1. The van der Waals surface area contributed by atoms with Gasteiger partial charge >= 0.3 is 16.5 Å². The maximum Gasteiger partial charge on any atom is 0.387 e. The predicted molar refractivity (Wildman–Crippen MR) is 221 cm³/mol. The molecule has 1 atom stereocenters. The highest BCUT2D eigenvalue weighted by Crippen LogP contribution is 2.43. The average molecular weight is 870 g/mol. The normalized spacial score (nSPS) is 18.7. The molecule has 17 heteroatoms. The van der Waals surface area contributed by atoms with E-state index >= 15 is 0 Å². The second-order valence-corrected chi connectivity index (χ2v) is 16.7. The lowest BCUT2D eigenvalue weighted by atomic mass is 10.0. The van der Waals surface area contributed by atoms with E-state index in [0.717, 1.165) is 50.2 Å². The van der Waals surface area contributed by atoms with Crippen LogP contribution in [0, 0.1) is 0 Å². The van der Waals surface area contributed by atoms with Gasteiger partial charge in [0.2, 0.25) is 0 Å². The van der Waals surface area contributed by atoms with Crippen LogP contribution in [0.25, 0.3) is 43.9 Å². The van der Waals surface area contributed by atoms with Gasteiger partial charge in [0, 0.05) is 21.5 Å². The molecule has 4 aromatic carbocycles. The van der Waals surface area contributed by atoms with E-state index in [1.54, 1.807) is 0 Å². The summed E-state index contributed by atoms with van der Waals surface area (Å²) in [6.45, 7) is 4.19. The van der Waals surface area contributed by atoms with Crippen LogP contribution in [0.3, 0.4) is 0 Å². The zero-order chi connectivity index (χ0) is 40.5. The molecule has 61 heavy (non-hydrogen) atoms. The van der Waals surface area contributed by atoms with E-state index in [-0.39, 0.29) is 13.2 Å². The van der Waals surface area contributed by atoms with Gasteiger partial charge in [0.05, 0.1) is 86.5 Å². The molecule has 15 nitrogen and oxygen atoms in total. The van der Waals surface area contributed by atoms with Gasteiger partial charge in [-0.2, -0.15) is 0 Å². The summed E-state index contributed by atoms with van der Waals surface area (Å²) in [5.41, 5.74) is 6.50. The molecule has 0 radical (unpaired) electrons. The van der Waals surface area contributed by atoms with Crippen LogP contribution in [0.15, 0.2) is 108 Å². The molecule has 4 aliphatic heterocycles. The Morgan fingerprint density at radius 3 is 1.02 bits per heavy atom. The van der Waals surface area contributed by atoms with Gasteiger partial charge < -0.3 is 54.7 Å². The zero-order valence-corrected chi connectivity index (χ0v) is 34.6. The number of nitrogens with zero attached hydrogens (tertiary/aromatic N) is 1. The van der Waals surface area contributed by atoms with Gasteiger partial charge in [-0.05, 0) is 18.6 Å². The minimum Gasteiger partial charge on any atom is -0.398 e. The predicted octanol–water partition coefficient (Wildman–Crippen LogP) is 10.1. The second kappa shape index (κ2) is 17.7. The highest BCUT2D eigenvalue weighted by molar-refractivity contribution is 7.32. The van der Waals surface area contributed by atoms with Gasteiger partial charge in [-0.15, -0.1) is 0 Å². The van der Waals surface area contributed by atoms with Crippen LogP contribution in [0.4, 0.5) is 0 Å². The summed E-state index contributed by atoms with van der Waals surface area (Å²) >= 11 is 0. The quantitative estimate of drug-likeness (QED) is 0.128. The van der Waals surface area contributed by atoms with Gasteiger partial charge in [-0.1, -0.05) is 78.9 Å². The molecule has 0 amide bonds. The Labute approximate surface area is 350 Å². The Bertz CT molecular complexity index is 2690. The lowest BCUT2D eigenvalue weighted by Gasteiger charge is -2.23. The van der Waals surface area contributed by atoms with Crippen LogP contribution >= 0.6 is 16.5 Å². The molecule has 0 aliphatic carbocycles. The van der Waals surface area contributed by atoms with Crippen molar-refractivity contribution in [1.29, 1.82) is 0 Å². The molecule has 0 N–H and O–H groups in total. The molecule has 316 valence electrons. The largest absolute Gasteiger partial charge is 0.398 e. The molecule has 7 aromatic rings. The van der Waals surface area contributed by atoms with Crippen molar-refractivity contribution in [2.75, 3.05) is 52.9 Å². The fourth-order valence-electron chi connectivity index (χ4n) is 7.87. The number of benzene rings is 4. The van der Waals surface area contributed by atoms with E-state index in [2.05, 4.69) is 0 Å². The highest BCUT2D eigenvalue weighted by Gasteiger charge is 2.28. The smallest absolute Gasteiger partial charge is 0.387 e. The van der Waals surface area contributed by atoms with Gasteiger partial charge in [0.25, 0.3) is 0 Å². The molecule has 0 saturated carbocycles. The number of rotatable bonds is 10. The highest BCUT2D eigenvalue weighted by atomic mass is 31.1. The summed E-state index contributed by atoms with van der Waals surface area (Å²) in [6.07, 6.45) is -1.53. The number of fused-ring (bicyclic) bond motifs is 6. The average Bonchev–Trinajstić information content (AvgIpc) is 4.12. The first-order valence-electron chi connectivity index (χ1n) is 20.2. The van der Waals surface area contributed by atoms with Crippen LogP contribution in [-0.4, -0.2) is 57.8 Å². The minimum absolute atomic E-state index is 0.0689. The third-order valence-corrected chi connectivity index (χ3v) is 12.6. The molecular weight excluding hydrogens is 828 g/mol. The third kappa shape index (κ3) is 8.02. The van der Waals surface area contributed by atoms with E-state index in [1.807, 2.05) is 91.0 Å². The first-order chi connectivity index (χ1) is 30.2. The van der Waals surface area contributed by atoms with Gasteiger partial charge in [-0.3, -0.25) is 14.0 Å². The molecule has 7 heterocycles. The first kappa shape index (κ1) is 39.3. The van der Waals surface area contributed by atoms with Crippen molar-refractivity contribution < 1.29 is 63.7 Å². The molecule has 4 aliphatic rings. The summed E-state index contributed by atoms with van der Waals surface area (Å²) < 4.78 is 86.9. The maximum atomic E-state index is 6.64. The minimum atomic E-state index is -2.03. The van der Waals surface area contributed by atoms with Crippen molar-refractivity contribution in [2.24, 2.45) is 0 Å². The van der Waals surface area contributed by atoms with E-state index in [1.165, 1.54) is 0 Å². The summed E-state index contributed by atoms with van der Waals surface area (Å²) in [5.74, 6) is 0. The van der Waals surface area contributed by atoms with Crippen LogP contribution in [-0.2, 0) is 51.1 Å². The Balaban J connectivity index is 0.926. The van der Waals surface area contributed by atoms with Crippen molar-refractivity contribution in [3.8, 4) is 0 Å². The van der Waals surface area contributed by atoms with Crippen molar-refractivity contribution in [1.82, 2.24) is 4.98 Å². The summed E-state index contributed by atoms with van der Waals surface area (Å²) in [7, 11) is -4.05. The number of pyridine rings is 1. The van der Waals surface area contributed by atoms with Crippen LogP contribution in [0.5, 0.6) is 0 Å². The van der Waals surface area contributed by atoms with Crippen molar-refractivity contribution in [3.05, 3.63) is 125 Å². The van der Waals surface area contributed by atoms with Gasteiger partial charge in [0.15, 0.2) is 47.5 Å². The molecule has 0 spiro atoms. The molecule has 0 bridgehead atoms. The molecule has 11 rings (SSSR count). The fourth-order valence-corrected chi connectivity index (χ4v) is 10.0. The third-order valence-electron chi connectivity index (χ3n) is 10.6. The Morgan fingerprint density at radius 2 is 0.689 bits per heavy atom. The van der Waals surface area contributed by atoms with Crippen molar-refractivity contribution in [2.45, 2.75) is 44.8 Å². The molecule has 4 saturated heterocycles. The molecule has 1 unspecified atom stereocenters. The summed E-state index contributed by atoms with van der Waals surface area (Å²) in [5, 5.41) is 3.26. The van der Waals surface area contributed by atoms with Gasteiger partial charge in [-0.25, -0.2) is 0 Å². The lowest BCUT2D eigenvalue weighted by Crippen LogP contribution is -2.17. The first-order valence-corrected chi connectivity index (χ1v) is 22.4. The number of ether oxygens (including phenoxy) is 8. The molecule has 4 fully saturated rings. The Hall–Kier alpha value is -4.57. The van der Waals surface area contributed by atoms with Gasteiger partial charge in [0.1, 0.15) is 13.2 Å². The fraction of sp³-hybridized carbons (Fsp3) is 0.341. The van der Waals surface area contributed by atoms with E-state index in [9.17, 15) is 0 Å². The van der Waals surface area contributed by atoms with E-state index in [0.29, 0.717) is 86.6 Å². The molecular formula is C44H41NO14P2. The number of para-hydroxylation sites is 4. The van der Waals surface area contributed by atoms with Crippen LogP contribution in [0.2, 0.25) is 0 Å². The number of aromatic nitrogens is 1. The van der Waals surface area contributed by atoms with Crippen molar-refractivity contribution in [3.63, 3.8) is 0 Å². The van der Waals surface area contributed by atoms with E-state index in [4.69, 9.17) is 68.7 Å². The Morgan fingerprint density at radius 1 is 0.393 bits per heavy atom. The standard InChI is InChI=1S/C44H41NO14P2/c1-7-27(25-54-60-56-37-29(9-2-13-33(37)41-46-17-6-18-47-41)30-10-3-14-34(38(30)57-60)42-48-19-20-49-42)45-28(8-1)26-55-61-58-39-31(11-4-15-35(39)43-50-21-22-51-43)32-12-5-16-36(40(32)59-61)44-52-23-24-53-44/h1-5,7-16,41-44H,6,17-26H2. The molecule has 3 aromatic heterocycles. The van der Waals surface area contributed by atoms with Crippen molar-refractivity contribution >= 4 is 60.4 Å². The van der Waals surface area contributed by atoms with Crippen LogP contribution in [0.1, 0.15) is 65.2 Å². The summed E-state index contributed by atoms with van der Waals surface area (Å²) in [4.78, 5) is 4.89. The van der Waals surface area contributed by atoms with E-state index < -0.39 is 41.6 Å². The number of hydrogen-bond donors (Lipinski definition) is 0. The number of hydrogen-bond acceptors (Lipinski definition) is 15. The Kier molecular flexibility index (Phi) is 11.4. The monoisotopic (exact) mass is 869 g/mol. The SMILES string of the molecule is c1cc(COp2oc3c(C4OCCCO4)cccc3c3cccc(C4OCCO4)c3o2)nc(COp2oc3c(C4OCCO4)cccc3c3cccc(C4OCCO4)c3o2)c1. The maximum absolute atomic E-state index is 6.64. The zero-order valence-electron chi connectivity index (χ0n) is 32.8. The van der Waals surface area contributed by atoms with Crippen LogP contribution < -0.4 is 9.05 Å².